The Morgan fingerprint density at radius 3 is 2.53 bits per heavy atom. The first-order chi connectivity index (χ1) is 7.18. The van der Waals surface area contributed by atoms with E-state index in [0.717, 1.165) is 25.7 Å². The molecule has 84 valence electrons. The van der Waals surface area contributed by atoms with Crippen molar-refractivity contribution in [2.24, 2.45) is 5.92 Å². The fourth-order valence-corrected chi connectivity index (χ4v) is 1.75. The highest BCUT2D eigenvalue weighted by atomic mass is 16.3. The summed E-state index contributed by atoms with van der Waals surface area (Å²) in [6.45, 7) is 4.29. The first-order valence-corrected chi connectivity index (χ1v) is 5.75. The molecule has 0 bridgehead atoms. The van der Waals surface area contributed by atoms with Gasteiger partial charge < -0.3 is 5.11 Å². The molecule has 0 saturated heterocycles. The second kappa shape index (κ2) is 6.57. The molecule has 1 heterocycles. The Kier molecular flexibility index (Phi) is 5.33. The van der Waals surface area contributed by atoms with E-state index in [4.69, 9.17) is 0 Å². The average Bonchev–Trinajstić information content (AvgIpc) is 2.18. The van der Waals surface area contributed by atoms with Crippen LogP contribution >= 0.6 is 0 Å². The lowest BCUT2D eigenvalue weighted by Gasteiger charge is -2.12. The van der Waals surface area contributed by atoms with Gasteiger partial charge in [-0.25, -0.2) is 0 Å². The maximum absolute atomic E-state index is 9.69. The number of aromatic nitrogens is 1. The molecule has 1 atom stereocenters. The monoisotopic (exact) mass is 207 g/mol. The van der Waals surface area contributed by atoms with Crippen LogP contribution in [0.2, 0.25) is 0 Å². The number of hydrogen-bond acceptors (Lipinski definition) is 2. The summed E-state index contributed by atoms with van der Waals surface area (Å²) < 4.78 is 0. The molecule has 0 saturated carbocycles. The lowest BCUT2D eigenvalue weighted by Crippen LogP contribution is -2.10. The van der Waals surface area contributed by atoms with Gasteiger partial charge in [-0.15, -0.1) is 0 Å². The van der Waals surface area contributed by atoms with Gasteiger partial charge in [0.05, 0.1) is 6.10 Å². The molecule has 1 aromatic rings. The number of hydrogen-bond donors (Lipinski definition) is 1. The van der Waals surface area contributed by atoms with Gasteiger partial charge in [-0.05, 0) is 49.3 Å². The Labute approximate surface area is 92.4 Å². The van der Waals surface area contributed by atoms with Crippen LogP contribution in [0.1, 0.15) is 38.7 Å². The third-order valence-corrected chi connectivity index (χ3v) is 2.50. The lowest BCUT2D eigenvalue weighted by atomic mass is 10.0. The van der Waals surface area contributed by atoms with Crippen LogP contribution in [-0.4, -0.2) is 16.2 Å². The van der Waals surface area contributed by atoms with Crippen molar-refractivity contribution in [2.75, 3.05) is 0 Å². The standard InChI is InChI=1S/C13H21NO/c1-11(2)10-13(15)5-3-4-12-6-8-14-9-7-12/h6-9,11,13,15H,3-5,10H2,1-2H3. The van der Waals surface area contributed by atoms with Gasteiger partial charge >= 0.3 is 0 Å². The highest BCUT2D eigenvalue weighted by molar-refractivity contribution is 5.09. The molecule has 2 heteroatoms. The molecule has 1 N–H and O–H groups in total. The summed E-state index contributed by atoms with van der Waals surface area (Å²) in [5.41, 5.74) is 1.31. The van der Waals surface area contributed by atoms with Crippen LogP contribution in [0.25, 0.3) is 0 Å². The Bertz CT molecular complexity index is 258. The van der Waals surface area contributed by atoms with Crippen molar-refractivity contribution in [2.45, 2.75) is 45.6 Å². The lowest BCUT2D eigenvalue weighted by molar-refractivity contribution is 0.137. The Morgan fingerprint density at radius 2 is 1.93 bits per heavy atom. The predicted molar refractivity (Wildman–Crippen MR) is 62.6 cm³/mol. The quantitative estimate of drug-likeness (QED) is 0.778. The summed E-state index contributed by atoms with van der Waals surface area (Å²) in [6.07, 6.45) is 7.42. The average molecular weight is 207 g/mol. The van der Waals surface area contributed by atoms with Crippen molar-refractivity contribution in [1.82, 2.24) is 4.98 Å². The highest BCUT2D eigenvalue weighted by Gasteiger charge is 2.06. The highest BCUT2D eigenvalue weighted by Crippen LogP contribution is 2.11. The number of nitrogens with zero attached hydrogens (tertiary/aromatic N) is 1. The summed E-state index contributed by atoms with van der Waals surface area (Å²) in [5, 5.41) is 9.69. The molecule has 15 heavy (non-hydrogen) atoms. The topological polar surface area (TPSA) is 33.1 Å². The van der Waals surface area contributed by atoms with Crippen molar-refractivity contribution in [3.63, 3.8) is 0 Å². The molecule has 0 amide bonds. The van der Waals surface area contributed by atoms with Crippen LogP contribution in [0, 0.1) is 5.92 Å². The number of aryl methyl sites for hydroxylation is 1. The molecule has 1 rings (SSSR count). The molecule has 1 aromatic heterocycles. The van der Waals surface area contributed by atoms with Crippen LogP contribution in [0.15, 0.2) is 24.5 Å². The van der Waals surface area contributed by atoms with E-state index < -0.39 is 0 Å². The van der Waals surface area contributed by atoms with Crippen molar-refractivity contribution in [3.05, 3.63) is 30.1 Å². The van der Waals surface area contributed by atoms with E-state index in [0.29, 0.717) is 5.92 Å². The van der Waals surface area contributed by atoms with E-state index in [2.05, 4.69) is 18.8 Å². The molecule has 0 aliphatic heterocycles. The van der Waals surface area contributed by atoms with Crippen molar-refractivity contribution >= 4 is 0 Å². The maximum atomic E-state index is 9.69. The van der Waals surface area contributed by atoms with Crippen LogP contribution in [-0.2, 0) is 6.42 Å². The molecular weight excluding hydrogens is 186 g/mol. The van der Waals surface area contributed by atoms with Crippen molar-refractivity contribution in [3.8, 4) is 0 Å². The minimum Gasteiger partial charge on any atom is -0.393 e. The third-order valence-electron chi connectivity index (χ3n) is 2.50. The largest absolute Gasteiger partial charge is 0.393 e. The van der Waals surface area contributed by atoms with Gasteiger partial charge in [0.2, 0.25) is 0 Å². The molecule has 1 unspecified atom stereocenters. The summed E-state index contributed by atoms with van der Waals surface area (Å²) >= 11 is 0. The van der Waals surface area contributed by atoms with E-state index in [-0.39, 0.29) is 6.10 Å². The Balaban J connectivity index is 2.16. The van der Waals surface area contributed by atoms with Gasteiger partial charge in [0.25, 0.3) is 0 Å². The van der Waals surface area contributed by atoms with E-state index >= 15 is 0 Å². The van der Waals surface area contributed by atoms with Gasteiger partial charge in [0.15, 0.2) is 0 Å². The predicted octanol–water partition coefficient (Wildman–Crippen LogP) is 2.81. The molecule has 0 radical (unpaired) electrons. The first-order valence-electron chi connectivity index (χ1n) is 5.75. The van der Waals surface area contributed by atoms with E-state index in [1.165, 1.54) is 5.56 Å². The zero-order chi connectivity index (χ0) is 11.1. The summed E-state index contributed by atoms with van der Waals surface area (Å²) in [6, 6.07) is 4.07. The minimum absolute atomic E-state index is 0.133. The van der Waals surface area contributed by atoms with E-state index in [9.17, 15) is 5.11 Å². The fraction of sp³-hybridized carbons (Fsp3) is 0.615. The molecule has 0 aliphatic carbocycles. The smallest absolute Gasteiger partial charge is 0.0542 e. The Morgan fingerprint density at radius 1 is 1.27 bits per heavy atom. The van der Waals surface area contributed by atoms with Gasteiger partial charge in [-0.1, -0.05) is 13.8 Å². The van der Waals surface area contributed by atoms with Crippen molar-refractivity contribution < 1.29 is 5.11 Å². The van der Waals surface area contributed by atoms with Gasteiger partial charge in [-0.2, -0.15) is 0 Å². The summed E-state index contributed by atoms with van der Waals surface area (Å²) in [5.74, 6) is 0.584. The Hall–Kier alpha value is -0.890. The van der Waals surface area contributed by atoms with Crippen LogP contribution in [0.3, 0.4) is 0 Å². The van der Waals surface area contributed by atoms with E-state index in [1.807, 2.05) is 24.5 Å². The number of aliphatic hydroxyl groups is 1. The SMILES string of the molecule is CC(C)CC(O)CCCc1ccncc1. The number of pyridine rings is 1. The molecule has 0 fully saturated rings. The molecule has 2 nitrogen and oxygen atoms in total. The molecular formula is C13H21NO. The fourth-order valence-electron chi connectivity index (χ4n) is 1.75. The maximum Gasteiger partial charge on any atom is 0.0542 e. The molecule has 0 spiro atoms. The zero-order valence-electron chi connectivity index (χ0n) is 9.69. The first kappa shape index (κ1) is 12.2. The molecule has 0 aromatic carbocycles. The second-order valence-corrected chi connectivity index (χ2v) is 4.53. The van der Waals surface area contributed by atoms with Gasteiger partial charge in [0.1, 0.15) is 0 Å². The summed E-state index contributed by atoms with van der Waals surface area (Å²) in [7, 11) is 0. The van der Waals surface area contributed by atoms with Crippen LogP contribution in [0.4, 0.5) is 0 Å². The van der Waals surface area contributed by atoms with Gasteiger partial charge in [0, 0.05) is 12.4 Å². The number of aliphatic hydroxyl groups excluding tert-OH is 1. The van der Waals surface area contributed by atoms with Crippen LogP contribution in [0.5, 0.6) is 0 Å². The van der Waals surface area contributed by atoms with Gasteiger partial charge in [-0.3, -0.25) is 4.98 Å². The van der Waals surface area contributed by atoms with Crippen molar-refractivity contribution in [1.29, 1.82) is 0 Å². The van der Waals surface area contributed by atoms with E-state index in [1.54, 1.807) is 0 Å². The zero-order valence-corrected chi connectivity index (χ0v) is 9.69. The number of rotatable bonds is 6. The second-order valence-electron chi connectivity index (χ2n) is 4.53. The normalized spacial score (nSPS) is 13.1. The third kappa shape index (κ3) is 5.53. The van der Waals surface area contributed by atoms with Crippen LogP contribution < -0.4 is 0 Å². The minimum atomic E-state index is -0.133. The summed E-state index contributed by atoms with van der Waals surface area (Å²) in [4.78, 5) is 3.98. The molecule has 0 aliphatic rings.